The molecule has 0 N–H and O–H groups in total. The van der Waals surface area contributed by atoms with Crippen LogP contribution in [0.1, 0.15) is 24.2 Å². The van der Waals surface area contributed by atoms with Crippen molar-refractivity contribution in [1.82, 2.24) is 9.97 Å². The fraction of sp³-hybridized carbons (Fsp3) is 0.545. The first kappa shape index (κ1) is 13.9. The van der Waals surface area contributed by atoms with Crippen LogP contribution in [0, 0.1) is 0 Å². The first-order chi connectivity index (χ1) is 8.06. The van der Waals surface area contributed by atoms with Gasteiger partial charge in [0.2, 0.25) is 0 Å². The number of hydrogen-bond donors (Lipinski definition) is 0. The summed E-state index contributed by atoms with van der Waals surface area (Å²) in [6.45, 7) is 5.14. The number of halogens is 1. The van der Waals surface area contributed by atoms with Crippen molar-refractivity contribution in [3.8, 4) is 0 Å². The van der Waals surface area contributed by atoms with Crippen LogP contribution in [0.4, 0.5) is 5.82 Å². The molecule has 6 heteroatoms. The number of ether oxygens (including phenoxy) is 1. The molecule has 94 valence electrons. The summed E-state index contributed by atoms with van der Waals surface area (Å²) in [4.78, 5) is 20.5. The van der Waals surface area contributed by atoms with Gasteiger partial charge in [0.15, 0.2) is 6.29 Å². The van der Waals surface area contributed by atoms with Crippen molar-refractivity contribution in [3.63, 3.8) is 0 Å². The largest absolute Gasteiger partial charge is 0.377 e. The molecule has 0 aliphatic carbocycles. The van der Waals surface area contributed by atoms with Gasteiger partial charge < -0.3 is 9.64 Å². The summed E-state index contributed by atoms with van der Waals surface area (Å²) < 4.78 is 5.43. The molecule has 0 unspecified atom stereocenters. The van der Waals surface area contributed by atoms with E-state index in [9.17, 15) is 4.79 Å². The smallest absolute Gasteiger partial charge is 0.156 e. The van der Waals surface area contributed by atoms with Gasteiger partial charge in [0.1, 0.15) is 17.3 Å². The van der Waals surface area contributed by atoms with Crippen LogP contribution in [0.3, 0.4) is 0 Å². The minimum absolute atomic E-state index is 0.168. The summed E-state index contributed by atoms with van der Waals surface area (Å²) in [6.07, 6.45) is 2.19. The van der Waals surface area contributed by atoms with Crippen LogP contribution in [0.5, 0.6) is 0 Å². The van der Waals surface area contributed by atoms with Crippen molar-refractivity contribution in [3.05, 3.63) is 17.0 Å². The van der Waals surface area contributed by atoms with E-state index in [-0.39, 0.29) is 11.3 Å². The summed E-state index contributed by atoms with van der Waals surface area (Å²) in [6, 6.07) is 0. The Hall–Kier alpha value is -1.20. The van der Waals surface area contributed by atoms with Gasteiger partial charge in [0.25, 0.3) is 0 Å². The molecule has 0 radical (unpaired) electrons. The second-order valence-corrected chi connectivity index (χ2v) is 4.22. The summed E-state index contributed by atoms with van der Waals surface area (Å²) in [5.41, 5.74) is 0.307. The third-order valence-electron chi connectivity index (χ3n) is 2.17. The molecule has 17 heavy (non-hydrogen) atoms. The van der Waals surface area contributed by atoms with Gasteiger partial charge in [0, 0.05) is 13.6 Å². The normalized spacial score (nSPS) is 10.6. The first-order valence-electron chi connectivity index (χ1n) is 5.34. The van der Waals surface area contributed by atoms with Gasteiger partial charge in [-0.25, -0.2) is 9.97 Å². The Labute approximate surface area is 106 Å². The monoisotopic (exact) mass is 257 g/mol. The van der Waals surface area contributed by atoms with Crippen LogP contribution in [-0.4, -0.2) is 42.6 Å². The number of rotatable bonds is 6. The number of hydrogen-bond acceptors (Lipinski definition) is 5. The van der Waals surface area contributed by atoms with Crippen molar-refractivity contribution in [2.75, 3.05) is 25.1 Å². The van der Waals surface area contributed by atoms with Gasteiger partial charge in [-0.2, -0.15) is 0 Å². The van der Waals surface area contributed by atoms with Crippen molar-refractivity contribution in [1.29, 1.82) is 0 Å². The fourth-order valence-corrected chi connectivity index (χ4v) is 1.48. The molecule has 0 fully saturated rings. The van der Waals surface area contributed by atoms with Crippen molar-refractivity contribution >= 4 is 23.7 Å². The zero-order chi connectivity index (χ0) is 12.8. The summed E-state index contributed by atoms with van der Waals surface area (Å²) in [7, 11) is 1.83. The SMILES string of the molecule is CC(C)OCCN(C)c1ncnc(Cl)c1C=O. The third-order valence-corrected chi connectivity index (χ3v) is 2.47. The number of carbonyl (C=O) groups is 1. The Morgan fingerprint density at radius 1 is 1.53 bits per heavy atom. The molecular weight excluding hydrogens is 242 g/mol. The number of carbonyl (C=O) groups excluding carboxylic acids is 1. The Kier molecular flexibility index (Phi) is 5.31. The number of aromatic nitrogens is 2. The standard InChI is InChI=1S/C11H16ClN3O2/c1-8(2)17-5-4-15(3)11-9(6-16)10(12)13-7-14-11/h6-8H,4-5H2,1-3H3. The molecular formula is C11H16ClN3O2. The molecule has 0 saturated carbocycles. The van der Waals surface area contributed by atoms with Crippen LogP contribution >= 0.6 is 11.6 Å². The zero-order valence-corrected chi connectivity index (χ0v) is 10.9. The molecule has 0 saturated heterocycles. The number of likely N-dealkylation sites (N-methyl/N-ethyl adjacent to an activating group) is 1. The average molecular weight is 258 g/mol. The van der Waals surface area contributed by atoms with E-state index in [0.29, 0.717) is 30.8 Å². The number of nitrogens with zero attached hydrogens (tertiary/aromatic N) is 3. The lowest BCUT2D eigenvalue weighted by molar-refractivity contribution is 0.0845. The van der Waals surface area contributed by atoms with Gasteiger partial charge in [-0.15, -0.1) is 0 Å². The summed E-state index contributed by atoms with van der Waals surface area (Å²) in [5.74, 6) is 0.521. The van der Waals surface area contributed by atoms with Crippen molar-refractivity contribution in [2.45, 2.75) is 20.0 Å². The minimum Gasteiger partial charge on any atom is -0.377 e. The highest BCUT2D eigenvalue weighted by Crippen LogP contribution is 2.19. The van der Waals surface area contributed by atoms with Gasteiger partial charge in [0.05, 0.1) is 18.3 Å². The number of aldehydes is 1. The number of anilines is 1. The van der Waals surface area contributed by atoms with Crippen molar-refractivity contribution in [2.24, 2.45) is 0 Å². The molecule has 1 heterocycles. The van der Waals surface area contributed by atoms with Crippen molar-refractivity contribution < 1.29 is 9.53 Å². The maximum atomic E-state index is 10.9. The van der Waals surface area contributed by atoms with E-state index in [1.165, 1.54) is 6.33 Å². The minimum atomic E-state index is 0.168. The lowest BCUT2D eigenvalue weighted by Gasteiger charge is -2.20. The van der Waals surface area contributed by atoms with E-state index in [0.717, 1.165) is 0 Å². The predicted molar refractivity (Wildman–Crippen MR) is 66.8 cm³/mol. The molecule has 1 rings (SSSR count). The van der Waals surface area contributed by atoms with E-state index in [1.807, 2.05) is 25.8 Å². The van der Waals surface area contributed by atoms with Gasteiger partial charge >= 0.3 is 0 Å². The Morgan fingerprint density at radius 3 is 2.82 bits per heavy atom. The van der Waals surface area contributed by atoms with Crippen LogP contribution in [0.15, 0.2) is 6.33 Å². The zero-order valence-electron chi connectivity index (χ0n) is 10.2. The lowest BCUT2D eigenvalue weighted by atomic mass is 10.3. The second kappa shape index (κ2) is 6.51. The summed E-state index contributed by atoms with van der Waals surface area (Å²) >= 11 is 5.82. The van der Waals surface area contributed by atoms with Crippen LogP contribution < -0.4 is 4.90 Å². The highest BCUT2D eigenvalue weighted by Gasteiger charge is 2.12. The van der Waals surface area contributed by atoms with E-state index in [4.69, 9.17) is 16.3 Å². The summed E-state index contributed by atoms with van der Waals surface area (Å²) in [5, 5.41) is 0.168. The molecule has 0 bridgehead atoms. The molecule has 0 aromatic carbocycles. The van der Waals surface area contributed by atoms with Crippen LogP contribution in [0.25, 0.3) is 0 Å². The van der Waals surface area contributed by atoms with Crippen LogP contribution in [-0.2, 0) is 4.74 Å². The van der Waals surface area contributed by atoms with Gasteiger partial charge in [-0.3, -0.25) is 4.79 Å². The molecule has 0 spiro atoms. The van der Waals surface area contributed by atoms with E-state index in [1.54, 1.807) is 0 Å². The van der Waals surface area contributed by atoms with Crippen LogP contribution in [0.2, 0.25) is 5.15 Å². The predicted octanol–water partition coefficient (Wildman–Crippen LogP) is 1.80. The second-order valence-electron chi connectivity index (χ2n) is 3.86. The third kappa shape index (κ3) is 3.94. The maximum absolute atomic E-state index is 10.9. The van der Waals surface area contributed by atoms with Gasteiger partial charge in [-0.1, -0.05) is 11.6 Å². The molecule has 0 aliphatic heterocycles. The quantitative estimate of drug-likeness (QED) is 0.575. The van der Waals surface area contributed by atoms with Gasteiger partial charge in [-0.05, 0) is 13.8 Å². The molecule has 1 aromatic rings. The van der Waals surface area contributed by atoms with E-state index in [2.05, 4.69) is 9.97 Å². The first-order valence-corrected chi connectivity index (χ1v) is 5.72. The fourth-order valence-electron chi connectivity index (χ4n) is 1.30. The Morgan fingerprint density at radius 2 is 2.24 bits per heavy atom. The molecule has 0 amide bonds. The maximum Gasteiger partial charge on any atom is 0.156 e. The van der Waals surface area contributed by atoms with E-state index < -0.39 is 0 Å². The Balaban J connectivity index is 2.71. The highest BCUT2D eigenvalue weighted by atomic mass is 35.5. The molecule has 0 aliphatic rings. The van der Waals surface area contributed by atoms with E-state index >= 15 is 0 Å². The molecule has 1 aromatic heterocycles. The topological polar surface area (TPSA) is 55.3 Å². The molecule has 5 nitrogen and oxygen atoms in total. The average Bonchev–Trinajstić information content (AvgIpc) is 2.28. The lowest BCUT2D eigenvalue weighted by Crippen LogP contribution is -2.26. The molecule has 0 atom stereocenters. The highest BCUT2D eigenvalue weighted by molar-refractivity contribution is 6.32. The Bertz CT molecular complexity index is 385.